The van der Waals surface area contributed by atoms with Crippen molar-refractivity contribution < 1.29 is 46.8 Å². The van der Waals surface area contributed by atoms with Crippen LogP contribution in [0.1, 0.15) is 0 Å². The molecule has 10 nitrogen and oxygen atoms in total. The van der Waals surface area contributed by atoms with Crippen molar-refractivity contribution in [2.75, 3.05) is 0 Å². The van der Waals surface area contributed by atoms with Crippen LogP contribution in [0.2, 0.25) is 0 Å². The maximum absolute atomic E-state index is 10.4. The zero-order valence-corrected chi connectivity index (χ0v) is 11.8. The van der Waals surface area contributed by atoms with Gasteiger partial charge in [0.05, 0.1) is 0 Å². The summed E-state index contributed by atoms with van der Waals surface area (Å²) in [7, 11) is -16.2. The van der Waals surface area contributed by atoms with Gasteiger partial charge in [-0.15, -0.1) is 0 Å². The van der Waals surface area contributed by atoms with Gasteiger partial charge in [-0.1, -0.05) is 0 Å². The minimum absolute atomic E-state index is 0. The molecule has 0 saturated heterocycles. The maximum Gasteiger partial charge on any atom is 3.00 e. The van der Waals surface area contributed by atoms with Gasteiger partial charge in [-0.25, -0.2) is 13.7 Å². The minimum atomic E-state index is -5.46. The van der Waals surface area contributed by atoms with Gasteiger partial charge in [0, 0.05) is 0 Å². The molecule has 0 heterocycles. The molecule has 0 amide bonds. The summed E-state index contributed by atoms with van der Waals surface area (Å²) >= 11 is 0. The van der Waals surface area contributed by atoms with Crippen molar-refractivity contribution in [2.45, 2.75) is 0 Å². The van der Waals surface area contributed by atoms with Crippen LogP contribution in [-0.4, -0.2) is 59.2 Å². The van der Waals surface area contributed by atoms with Gasteiger partial charge < -0.3 is 24.5 Å². The van der Waals surface area contributed by atoms with Crippen molar-refractivity contribution in [3.05, 3.63) is 0 Å². The van der Waals surface area contributed by atoms with Gasteiger partial charge in [0.1, 0.15) is 0 Å². The smallest absolute Gasteiger partial charge is 0.302 e. The van der Waals surface area contributed by atoms with Crippen molar-refractivity contribution >= 4 is 58.2 Å². The van der Waals surface area contributed by atoms with Crippen molar-refractivity contribution in [3.8, 4) is 0 Å². The van der Waals surface area contributed by atoms with Gasteiger partial charge in [-0.3, -0.25) is 0 Å². The largest absolute Gasteiger partial charge is 3.00 e. The summed E-state index contributed by atoms with van der Waals surface area (Å²) in [6, 6.07) is 0. The Labute approximate surface area is 105 Å². The minimum Gasteiger partial charge on any atom is -0.302 e. The van der Waals surface area contributed by atoms with Gasteiger partial charge in [0.2, 0.25) is 0 Å². The Bertz CT molecular complexity index is 281. The van der Waals surface area contributed by atoms with Crippen LogP contribution < -0.4 is 0 Å². The van der Waals surface area contributed by atoms with Crippen molar-refractivity contribution in [1.29, 1.82) is 0 Å². The van der Waals surface area contributed by atoms with E-state index in [1.54, 1.807) is 0 Å². The monoisotopic (exact) mass is 312 g/mol. The van der Waals surface area contributed by atoms with Crippen LogP contribution in [0, 0.1) is 0 Å². The predicted molar refractivity (Wildman–Crippen MR) is 47.6 cm³/mol. The van der Waals surface area contributed by atoms with Gasteiger partial charge in [-0.05, 0) is 0 Å². The van der Waals surface area contributed by atoms with Crippen LogP contribution in [0.3, 0.4) is 0 Å². The molecule has 0 unspecified atom stereocenters. The standard InChI is InChI=1S/2Al.H5O10P3/c;;1-11(2,3)9-13(7,8)10-12(4,5)6/h;;(H,7,8)(H2,1,2,3)(H2,4,5,6)/q2*+3;. The molecule has 5 N–H and O–H groups in total. The van der Waals surface area contributed by atoms with Gasteiger partial charge in [-0.2, -0.15) is 8.62 Å². The fourth-order valence-electron chi connectivity index (χ4n) is 0.284. The molecule has 0 saturated carbocycles. The van der Waals surface area contributed by atoms with E-state index < -0.39 is 23.5 Å². The Balaban J connectivity index is -0.000000720. The fraction of sp³-hybridized carbons (Fsp3) is 0. The third-order valence-electron chi connectivity index (χ3n) is 0.419. The predicted octanol–water partition coefficient (Wildman–Crippen LogP) is -1.46. The van der Waals surface area contributed by atoms with Crippen molar-refractivity contribution in [1.82, 2.24) is 0 Å². The molecule has 0 aliphatic heterocycles. The van der Waals surface area contributed by atoms with Gasteiger partial charge in [0.15, 0.2) is 0 Å². The molecular formula is H5Al2O10P3+6. The molecule has 0 aromatic carbocycles. The van der Waals surface area contributed by atoms with Crippen LogP contribution in [-0.2, 0) is 22.3 Å². The molecule has 0 aromatic heterocycles. The number of hydrogen-bond acceptors (Lipinski definition) is 5. The Morgan fingerprint density at radius 3 is 1.00 bits per heavy atom. The molecule has 0 fully saturated rings. The zero-order valence-electron chi connectivity index (χ0n) is 6.77. The summed E-state index contributed by atoms with van der Waals surface area (Å²) < 4.78 is 36.4. The number of rotatable bonds is 4. The summed E-state index contributed by atoms with van der Waals surface area (Å²) in [5, 5.41) is 0. The Morgan fingerprint density at radius 1 is 0.667 bits per heavy atom. The Hall–Kier alpha value is 1.47. The molecule has 0 aromatic rings. The van der Waals surface area contributed by atoms with Crippen LogP contribution in [0.4, 0.5) is 0 Å². The third-order valence-corrected chi connectivity index (χ3v) is 3.77. The fourth-order valence-corrected chi connectivity index (χ4v) is 2.82. The molecule has 0 spiro atoms. The number of phosphoric acid groups is 3. The molecule has 15 heteroatoms. The molecule has 0 atom stereocenters. The normalized spacial score (nSPS) is 12.6. The Kier molecular flexibility index (Phi) is 10.2. The second-order valence-corrected chi connectivity index (χ2v) is 5.82. The topological polar surface area (TPSA) is 171 Å². The van der Waals surface area contributed by atoms with Crippen LogP contribution in [0.15, 0.2) is 0 Å². The van der Waals surface area contributed by atoms with Gasteiger partial charge >= 0.3 is 58.2 Å². The molecule has 80 valence electrons. The molecule has 0 aliphatic rings. The molecule has 0 bridgehead atoms. The van der Waals surface area contributed by atoms with E-state index >= 15 is 0 Å². The maximum atomic E-state index is 10.4. The van der Waals surface area contributed by atoms with E-state index in [2.05, 4.69) is 8.62 Å². The second kappa shape index (κ2) is 7.03. The van der Waals surface area contributed by atoms with Crippen molar-refractivity contribution in [3.63, 3.8) is 0 Å². The molecule has 0 aliphatic carbocycles. The van der Waals surface area contributed by atoms with Gasteiger partial charge in [0.25, 0.3) is 0 Å². The first-order valence-corrected chi connectivity index (χ1v) is 6.83. The SMILES string of the molecule is O=P(O)(O)OP(=O)(O)OP(=O)(O)O.[Al+3].[Al+3]. The summed E-state index contributed by atoms with van der Waals surface area (Å²) in [5.74, 6) is 0. The van der Waals surface area contributed by atoms with E-state index in [-0.39, 0.29) is 34.7 Å². The summed E-state index contributed by atoms with van der Waals surface area (Å²) in [6.45, 7) is 0. The van der Waals surface area contributed by atoms with E-state index in [0.717, 1.165) is 0 Å². The van der Waals surface area contributed by atoms with Crippen LogP contribution in [0.5, 0.6) is 0 Å². The molecule has 0 radical (unpaired) electrons. The van der Waals surface area contributed by atoms with Crippen molar-refractivity contribution in [2.24, 2.45) is 0 Å². The third kappa shape index (κ3) is 15.5. The molecular weight excluding hydrogens is 307 g/mol. The first kappa shape index (κ1) is 21.7. The quantitative estimate of drug-likeness (QED) is 0.305. The van der Waals surface area contributed by atoms with E-state index in [4.69, 9.17) is 24.5 Å². The average Bonchev–Trinajstić information content (AvgIpc) is 1.43. The van der Waals surface area contributed by atoms with E-state index in [9.17, 15) is 13.7 Å². The summed E-state index contributed by atoms with van der Waals surface area (Å²) in [6.07, 6.45) is 0. The first-order chi connectivity index (χ1) is 5.41. The first-order valence-electron chi connectivity index (χ1n) is 2.28. The Morgan fingerprint density at radius 2 is 0.867 bits per heavy atom. The average molecular weight is 312 g/mol. The van der Waals surface area contributed by atoms with E-state index in [1.165, 1.54) is 0 Å². The second-order valence-electron chi connectivity index (χ2n) is 1.61. The van der Waals surface area contributed by atoms with E-state index in [0.29, 0.717) is 0 Å². The van der Waals surface area contributed by atoms with E-state index in [1.807, 2.05) is 0 Å². The molecule has 0 rings (SSSR count). The number of hydrogen-bond donors (Lipinski definition) is 5. The van der Waals surface area contributed by atoms with Crippen LogP contribution >= 0.6 is 23.5 Å². The summed E-state index contributed by atoms with van der Waals surface area (Å²) in [4.78, 5) is 40.2. The van der Waals surface area contributed by atoms with Crippen LogP contribution in [0.25, 0.3) is 0 Å². The zero-order chi connectivity index (χ0) is 10.9. The molecule has 15 heavy (non-hydrogen) atoms. The summed E-state index contributed by atoms with van der Waals surface area (Å²) in [5.41, 5.74) is 0.